The van der Waals surface area contributed by atoms with Crippen molar-refractivity contribution in [1.29, 1.82) is 0 Å². The molecule has 0 fully saturated rings. The maximum Gasteiger partial charge on any atom is 0.270 e. The third-order valence-corrected chi connectivity index (χ3v) is 7.20. The van der Waals surface area contributed by atoms with Crippen LogP contribution in [0.3, 0.4) is 0 Å². The van der Waals surface area contributed by atoms with Crippen LogP contribution >= 0.6 is 23.2 Å². The van der Waals surface area contributed by atoms with Gasteiger partial charge in [0.15, 0.2) is 0 Å². The van der Waals surface area contributed by atoms with Crippen molar-refractivity contribution >= 4 is 57.7 Å². The summed E-state index contributed by atoms with van der Waals surface area (Å²) in [5, 5.41) is 16.9. The number of imidazole rings is 1. The minimum Gasteiger partial charge on any atom is -0.456 e. The molecule has 4 aromatic carbocycles. The summed E-state index contributed by atoms with van der Waals surface area (Å²) in [6, 6.07) is 26.2. The first-order valence-electron chi connectivity index (χ1n) is 12.9. The maximum atomic E-state index is 12.6. The number of anilines is 3. The van der Waals surface area contributed by atoms with E-state index < -0.39 is 0 Å². The van der Waals surface area contributed by atoms with E-state index >= 15 is 0 Å². The number of tetrazole rings is 1. The fourth-order valence-corrected chi connectivity index (χ4v) is 4.86. The highest BCUT2D eigenvalue weighted by atomic mass is 35.5. The Bertz CT molecular complexity index is 1870. The first-order valence-corrected chi connectivity index (χ1v) is 13.7. The number of hydrogen-bond donors (Lipinski definition) is 2. The first kappa shape index (κ1) is 27.3. The van der Waals surface area contributed by atoms with Crippen molar-refractivity contribution < 1.29 is 9.53 Å². The molecule has 6 rings (SSSR count). The predicted octanol–water partition coefficient (Wildman–Crippen LogP) is 7.08. The summed E-state index contributed by atoms with van der Waals surface area (Å²) in [7, 11) is 1.98. The molecule has 10 nitrogen and oxygen atoms in total. The Labute approximate surface area is 250 Å². The van der Waals surface area contributed by atoms with Crippen LogP contribution in [0.15, 0.2) is 84.9 Å². The van der Waals surface area contributed by atoms with Crippen LogP contribution in [0.2, 0.25) is 10.0 Å². The monoisotopic (exact) mass is 598 g/mol. The number of H-pyrrole nitrogens is 1. The largest absolute Gasteiger partial charge is 0.456 e. The van der Waals surface area contributed by atoms with Crippen molar-refractivity contribution in [3.8, 4) is 11.5 Å². The molecule has 2 heterocycles. The number of nitrogens with zero attached hydrogens (tertiary/aromatic N) is 6. The zero-order valence-electron chi connectivity index (χ0n) is 22.5. The van der Waals surface area contributed by atoms with Gasteiger partial charge in [0.05, 0.1) is 22.6 Å². The van der Waals surface area contributed by atoms with E-state index in [1.165, 1.54) is 0 Å². The van der Waals surface area contributed by atoms with E-state index in [1.807, 2.05) is 48.9 Å². The molecule has 0 atom stereocenters. The molecular formula is C30H24Cl2N8O2. The molecule has 210 valence electrons. The third kappa shape index (κ3) is 5.76. The molecule has 0 bridgehead atoms. The van der Waals surface area contributed by atoms with Gasteiger partial charge in [-0.3, -0.25) is 10.1 Å². The van der Waals surface area contributed by atoms with E-state index in [1.54, 1.807) is 36.4 Å². The molecule has 2 aromatic heterocycles. The number of aryl methyl sites for hydroxylation is 2. The zero-order valence-corrected chi connectivity index (χ0v) is 24.1. The predicted molar refractivity (Wildman–Crippen MR) is 163 cm³/mol. The van der Waals surface area contributed by atoms with E-state index in [2.05, 4.69) is 49.0 Å². The van der Waals surface area contributed by atoms with Crippen molar-refractivity contribution in [3.05, 3.63) is 112 Å². The fourth-order valence-electron chi connectivity index (χ4n) is 4.52. The third-order valence-electron chi connectivity index (χ3n) is 6.65. The van der Waals surface area contributed by atoms with Gasteiger partial charge in [0.25, 0.3) is 11.9 Å². The molecular weight excluding hydrogens is 575 g/mol. The van der Waals surface area contributed by atoms with Gasteiger partial charge in [-0.2, -0.15) is 5.21 Å². The summed E-state index contributed by atoms with van der Waals surface area (Å²) in [5.41, 5.74) is 5.24. The second-order valence-electron chi connectivity index (χ2n) is 9.61. The summed E-state index contributed by atoms with van der Waals surface area (Å²) < 4.78 is 8.05. The van der Waals surface area contributed by atoms with Crippen molar-refractivity contribution in [1.82, 2.24) is 30.2 Å². The standard InChI is InChI=1S/C30H24Cl2N8O2/c1-18-3-13-26-25(15-18)33-30(39(26)2)40(17-19-4-6-20(7-5-19)28(41)34-29-35-37-38-36-29)22-10-14-27(24(32)16-22)42-23-11-8-21(31)9-12-23/h3-16H,17H2,1-2H3,(H2,34,35,36,37,38,41). The number of halogens is 2. The molecule has 2 N–H and O–H groups in total. The van der Waals surface area contributed by atoms with Gasteiger partial charge in [0, 0.05) is 23.3 Å². The molecule has 0 radical (unpaired) electrons. The zero-order chi connectivity index (χ0) is 29.2. The van der Waals surface area contributed by atoms with Crippen LogP contribution in [0.1, 0.15) is 21.5 Å². The highest BCUT2D eigenvalue weighted by molar-refractivity contribution is 6.32. The molecule has 6 aromatic rings. The highest BCUT2D eigenvalue weighted by Gasteiger charge is 2.20. The highest BCUT2D eigenvalue weighted by Crippen LogP contribution is 2.37. The summed E-state index contributed by atoms with van der Waals surface area (Å²) in [5.74, 6) is 1.64. The summed E-state index contributed by atoms with van der Waals surface area (Å²) >= 11 is 12.7. The van der Waals surface area contributed by atoms with Crippen LogP contribution in [0, 0.1) is 6.92 Å². The SMILES string of the molecule is Cc1ccc2c(c1)nc(N(Cc1ccc(C(=O)Nc3nn[nH]n3)cc1)c1ccc(Oc3ccc(Cl)cc3)c(Cl)c1)n2C. The molecule has 0 spiro atoms. The van der Waals surface area contributed by atoms with Crippen LogP contribution in [-0.4, -0.2) is 36.1 Å². The van der Waals surface area contributed by atoms with Gasteiger partial charge >= 0.3 is 0 Å². The lowest BCUT2D eigenvalue weighted by atomic mass is 10.1. The number of benzene rings is 4. The van der Waals surface area contributed by atoms with Gasteiger partial charge < -0.3 is 14.2 Å². The molecule has 0 unspecified atom stereocenters. The topological polar surface area (TPSA) is 114 Å². The lowest BCUT2D eigenvalue weighted by Crippen LogP contribution is -2.20. The van der Waals surface area contributed by atoms with E-state index in [-0.39, 0.29) is 11.9 Å². The van der Waals surface area contributed by atoms with E-state index in [0.29, 0.717) is 33.7 Å². The molecule has 0 aliphatic heterocycles. The minimum atomic E-state index is -0.339. The lowest BCUT2D eigenvalue weighted by molar-refractivity contribution is 0.102. The number of aromatic nitrogens is 6. The molecule has 0 aliphatic rings. The number of fused-ring (bicyclic) bond motifs is 1. The van der Waals surface area contributed by atoms with Crippen molar-refractivity contribution in [2.75, 3.05) is 10.2 Å². The van der Waals surface area contributed by atoms with Crippen LogP contribution < -0.4 is 15.0 Å². The number of amides is 1. The number of carbonyl (C=O) groups is 1. The average molecular weight is 599 g/mol. The van der Waals surface area contributed by atoms with E-state index in [4.69, 9.17) is 32.9 Å². The van der Waals surface area contributed by atoms with Crippen molar-refractivity contribution in [3.63, 3.8) is 0 Å². The van der Waals surface area contributed by atoms with Gasteiger partial charge in [-0.1, -0.05) is 46.5 Å². The molecule has 0 saturated carbocycles. The second-order valence-corrected chi connectivity index (χ2v) is 10.4. The Balaban J connectivity index is 1.32. The van der Waals surface area contributed by atoms with Gasteiger partial charge in [0.1, 0.15) is 11.5 Å². The first-order chi connectivity index (χ1) is 20.3. The second kappa shape index (κ2) is 11.5. The van der Waals surface area contributed by atoms with E-state index in [0.717, 1.165) is 33.8 Å². The molecule has 42 heavy (non-hydrogen) atoms. The Kier molecular flexibility index (Phi) is 7.47. The smallest absolute Gasteiger partial charge is 0.270 e. The minimum absolute atomic E-state index is 0.104. The molecule has 0 saturated heterocycles. The van der Waals surface area contributed by atoms with E-state index in [9.17, 15) is 4.79 Å². The number of carbonyl (C=O) groups excluding carboxylic acids is 1. The number of hydrogen-bond acceptors (Lipinski definition) is 7. The van der Waals surface area contributed by atoms with Crippen LogP contribution in [0.5, 0.6) is 11.5 Å². The van der Waals surface area contributed by atoms with Gasteiger partial charge in [-0.15, -0.1) is 5.10 Å². The van der Waals surface area contributed by atoms with Crippen LogP contribution in [-0.2, 0) is 13.6 Å². The summed E-state index contributed by atoms with van der Waals surface area (Å²) in [6.07, 6.45) is 0. The van der Waals surface area contributed by atoms with Crippen molar-refractivity contribution in [2.45, 2.75) is 13.5 Å². The number of nitrogens with one attached hydrogen (secondary N) is 2. The van der Waals surface area contributed by atoms with Gasteiger partial charge in [-0.25, -0.2) is 4.98 Å². The average Bonchev–Trinajstić information content (AvgIpc) is 3.61. The van der Waals surface area contributed by atoms with Crippen LogP contribution in [0.4, 0.5) is 17.6 Å². The molecule has 12 heteroatoms. The summed E-state index contributed by atoms with van der Waals surface area (Å²) in [6.45, 7) is 2.50. The Hall–Kier alpha value is -4.93. The fraction of sp³-hybridized carbons (Fsp3) is 0.100. The Morgan fingerprint density at radius 2 is 1.79 bits per heavy atom. The van der Waals surface area contributed by atoms with Gasteiger partial charge in [-0.05, 0) is 90.0 Å². The number of ether oxygens (including phenoxy) is 1. The Morgan fingerprint density at radius 3 is 2.50 bits per heavy atom. The number of rotatable bonds is 8. The Morgan fingerprint density at radius 1 is 1.00 bits per heavy atom. The molecule has 1 amide bonds. The van der Waals surface area contributed by atoms with Crippen molar-refractivity contribution in [2.24, 2.45) is 7.05 Å². The quantitative estimate of drug-likeness (QED) is 0.192. The molecule has 0 aliphatic carbocycles. The maximum absolute atomic E-state index is 12.6. The van der Waals surface area contributed by atoms with Gasteiger partial charge in [0.2, 0.25) is 5.95 Å². The number of aromatic amines is 1. The van der Waals surface area contributed by atoms with Crippen LogP contribution in [0.25, 0.3) is 11.0 Å². The normalized spacial score (nSPS) is 11.0. The lowest BCUT2D eigenvalue weighted by Gasteiger charge is -2.25. The summed E-state index contributed by atoms with van der Waals surface area (Å²) in [4.78, 5) is 19.6.